The zero-order valence-electron chi connectivity index (χ0n) is 11.5. The normalized spacial score (nSPS) is 20.4. The highest BCUT2D eigenvalue weighted by Crippen LogP contribution is 2.24. The largest absolute Gasteiger partial charge is 0.478 e. The first-order valence-corrected chi connectivity index (χ1v) is 8.32. The number of carboxylic acids is 1. The highest BCUT2D eigenvalue weighted by atomic mass is 35.5. The number of hydrogen-bond acceptors (Lipinski definition) is 4. The molecule has 21 heavy (non-hydrogen) atoms. The van der Waals surface area contributed by atoms with Crippen molar-refractivity contribution in [3.8, 4) is 0 Å². The van der Waals surface area contributed by atoms with Gasteiger partial charge in [-0.3, -0.25) is 0 Å². The molecule has 6 nitrogen and oxygen atoms in total. The first kappa shape index (κ1) is 16.2. The van der Waals surface area contributed by atoms with Crippen LogP contribution in [0.4, 0.5) is 0 Å². The number of carboxylic acid groups (broad SMARTS) is 1. The fourth-order valence-corrected chi connectivity index (χ4v) is 3.82. The minimum absolute atomic E-state index is 0.00913. The van der Waals surface area contributed by atoms with Crippen LogP contribution in [-0.2, 0) is 14.8 Å². The van der Waals surface area contributed by atoms with E-state index in [9.17, 15) is 13.2 Å². The number of nitrogens with zero attached hydrogens (tertiary/aromatic N) is 1. The van der Waals surface area contributed by atoms with Gasteiger partial charge in [0.05, 0.1) is 28.2 Å². The third-order valence-electron chi connectivity index (χ3n) is 3.36. The van der Waals surface area contributed by atoms with Crippen molar-refractivity contribution < 1.29 is 23.1 Å². The van der Waals surface area contributed by atoms with Gasteiger partial charge in [-0.25, -0.2) is 13.2 Å². The minimum Gasteiger partial charge on any atom is -0.478 e. The summed E-state index contributed by atoms with van der Waals surface area (Å²) in [5.74, 6) is -1.26. The number of halogens is 1. The van der Waals surface area contributed by atoms with Gasteiger partial charge in [-0.1, -0.05) is 18.5 Å². The summed E-state index contributed by atoms with van der Waals surface area (Å²) in [6.45, 7) is 2.77. The lowest BCUT2D eigenvalue weighted by Crippen LogP contribution is -2.45. The first-order valence-electron chi connectivity index (χ1n) is 6.51. The smallest absolute Gasteiger partial charge is 0.337 e. The topological polar surface area (TPSA) is 83.9 Å². The number of carbonyl (C=O) groups is 1. The van der Waals surface area contributed by atoms with Gasteiger partial charge in [0.2, 0.25) is 10.0 Å². The molecule has 1 aliphatic heterocycles. The van der Waals surface area contributed by atoms with Crippen LogP contribution in [0.15, 0.2) is 23.1 Å². The van der Waals surface area contributed by atoms with Crippen molar-refractivity contribution in [2.75, 3.05) is 19.7 Å². The summed E-state index contributed by atoms with van der Waals surface area (Å²) >= 11 is 5.76. The van der Waals surface area contributed by atoms with Crippen LogP contribution in [0.2, 0.25) is 5.02 Å². The molecular weight excluding hydrogens is 318 g/mol. The van der Waals surface area contributed by atoms with Gasteiger partial charge >= 0.3 is 5.97 Å². The Morgan fingerprint density at radius 3 is 2.86 bits per heavy atom. The SMILES string of the molecule is CCC1CN(S(=O)(=O)c2ccc(Cl)c(C(=O)O)c2)CCO1. The van der Waals surface area contributed by atoms with Crippen LogP contribution in [0, 0.1) is 0 Å². The van der Waals surface area contributed by atoms with Crippen molar-refractivity contribution in [2.45, 2.75) is 24.3 Å². The Labute approximate surface area is 128 Å². The highest BCUT2D eigenvalue weighted by molar-refractivity contribution is 7.89. The van der Waals surface area contributed by atoms with Gasteiger partial charge in [0.1, 0.15) is 0 Å². The Hall–Kier alpha value is -1.15. The third-order valence-corrected chi connectivity index (χ3v) is 5.55. The van der Waals surface area contributed by atoms with Gasteiger partial charge in [-0.15, -0.1) is 0 Å². The van der Waals surface area contributed by atoms with Crippen molar-refractivity contribution in [3.05, 3.63) is 28.8 Å². The number of ether oxygens (including phenoxy) is 1. The standard InChI is InChI=1S/C13H16ClNO5S/c1-2-9-8-15(5-6-20-9)21(18,19)10-3-4-12(14)11(7-10)13(16)17/h3-4,7,9H,2,5-6,8H2,1H3,(H,16,17). The molecule has 0 saturated carbocycles. The van der Waals surface area contributed by atoms with Gasteiger partial charge < -0.3 is 9.84 Å². The van der Waals surface area contributed by atoms with Gasteiger partial charge in [-0.2, -0.15) is 4.31 Å². The van der Waals surface area contributed by atoms with E-state index in [0.717, 1.165) is 6.07 Å². The summed E-state index contributed by atoms with van der Waals surface area (Å²) < 4.78 is 31.9. The number of rotatable bonds is 4. The van der Waals surface area contributed by atoms with Crippen LogP contribution in [0.1, 0.15) is 23.7 Å². The lowest BCUT2D eigenvalue weighted by molar-refractivity contribution is -0.00278. The van der Waals surface area contributed by atoms with Crippen molar-refractivity contribution in [1.29, 1.82) is 0 Å². The molecule has 1 saturated heterocycles. The molecule has 0 bridgehead atoms. The Bertz CT molecular complexity index is 646. The second-order valence-corrected chi connectivity index (χ2v) is 7.06. The predicted octanol–water partition coefficient (Wildman–Crippen LogP) is 1.84. The second kappa shape index (κ2) is 6.31. The Morgan fingerprint density at radius 2 is 2.24 bits per heavy atom. The fraction of sp³-hybridized carbons (Fsp3) is 0.462. The molecule has 0 aromatic heterocycles. The lowest BCUT2D eigenvalue weighted by Gasteiger charge is -2.31. The summed E-state index contributed by atoms with van der Waals surface area (Å²) in [6.07, 6.45) is 0.576. The van der Waals surface area contributed by atoms with E-state index in [1.54, 1.807) is 0 Å². The summed E-state index contributed by atoms with van der Waals surface area (Å²) in [6, 6.07) is 3.70. The Morgan fingerprint density at radius 1 is 1.52 bits per heavy atom. The molecule has 1 fully saturated rings. The Kier molecular flexibility index (Phi) is 4.88. The number of benzene rings is 1. The number of morpholine rings is 1. The van der Waals surface area contributed by atoms with Crippen molar-refractivity contribution in [3.63, 3.8) is 0 Å². The maximum Gasteiger partial charge on any atom is 0.337 e. The maximum absolute atomic E-state index is 12.6. The maximum atomic E-state index is 12.6. The summed E-state index contributed by atoms with van der Waals surface area (Å²) in [7, 11) is -3.75. The fourth-order valence-electron chi connectivity index (χ4n) is 2.14. The average Bonchev–Trinajstić information content (AvgIpc) is 2.47. The van der Waals surface area contributed by atoms with E-state index in [1.807, 2.05) is 6.92 Å². The van der Waals surface area contributed by atoms with E-state index in [4.69, 9.17) is 21.4 Å². The molecule has 1 aliphatic rings. The van der Waals surface area contributed by atoms with Crippen LogP contribution in [-0.4, -0.2) is 49.6 Å². The molecule has 1 heterocycles. The van der Waals surface area contributed by atoms with E-state index < -0.39 is 16.0 Å². The molecule has 1 N–H and O–H groups in total. The molecule has 0 aliphatic carbocycles. The molecular formula is C13H16ClNO5S. The lowest BCUT2D eigenvalue weighted by atomic mass is 10.2. The summed E-state index contributed by atoms with van der Waals surface area (Å²) in [5, 5.41) is 9.04. The molecule has 1 unspecified atom stereocenters. The molecule has 1 aromatic rings. The quantitative estimate of drug-likeness (QED) is 0.908. The molecule has 0 amide bonds. The van der Waals surface area contributed by atoms with E-state index >= 15 is 0 Å². The van der Waals surface area contributed by atoms with Crippen LogP contribution in [0.3, 0.4) is 0 Å². The highest BCUT2D eigenvalue weighted by Gasteiger charge is 2.30. The predicted molar refractivity (Wildman–Crippen MR) is 77.2 cm³/mol. The van der Waals surface area contributed by atoms with E-state index in [0.29, 0.717) is 13.0 Å². The molecule has 0 spiro atoms. The molecule has 116 valence electrons. The first-order chi connectivity index (χ1) is 9.86. The second-order valence-electron chi connectivity index (χ2n) is 4.71. The number of hydrogen-bond donors (Lipinski definition) is 1. The van der Waals surface area contributed by atoms with Crippen molar-refractivity contribution in [2.24, 2.45) is 0 Å². The minimum atomic E-state index is -3.75. The molecule has 0 radical (unpaired) electrons. The molecule has 2 rings (SSSR count). The summed E-state index contributed by atoms with van der Waals surface area (Å²) in [5.41, 5.74) is -0.224. The van der Waals surface area contributed by atoms with Crippen molar-refractivity contribution >= 4 is 27.6 Å². The molecule has 1 atom stereocenters. The zero-order valence-corrected chi connectivity index (χ0v) is 13.0. The van der Waals surface area contributed by atoms with Gasteiger partial charge in [-0.05, 0) is 24.6 Å². The number of sulfonamides is 1. The molecule has 1 aromatic carbocycles. The van der Waals surface area contributed by atoms with Gasteiger partial charge in [0.25, 0.3) is 0 Å². The van der Waals surface area contributed by atoms with Gasteiger partial charge in [0, 0.05) is 13.1 Å². The van der Waals surface area contributed by atoms with Crippen molar-refractivity contribution in [1.82, 2.24) is 4.31 Å². The average molecular weight is 334 g/mol. The Balaban J connectivity index is 2.35. The van der Waals surface area contributed by atoms with Crippen LogP contribution < -0.4 is 0 Å². The summed E-state index contributed by atoms with van der Waals surface area (Å²) in [4.78, 5) is 11.0. The van der Waals surface area contributed by atoms with Crippen LogP contribution in [0.5, 0.6) is 0 Å². The third kappa shape index (κ3) is 3.37. The zero-order chi connectivity index (χ0) is 15.6. The van der Waals surface area contributed by atoms with E-state index in [2.05, 4.69) is 0 Å². The van der Waals surface area contributed by atoms with Crippen LogP contribution >= 0.6 is 11.6 Å². The monoisotopic (exact) mass is 333 g/mol. The van der Waals surface area contributed by atoms with Crippen LogP contribution in [0.25, 0.3) is 0 Å². The van der Waals surface area contributed by atoms with E-state index in [1.165, 1.54) is 16.4 Å². The number of aromatic carboxylic acids is 1. The van der Waals surface area contributed by atoms with Gasteiger partial charge in [0.15, 0.2) is 0 Å². The molecule has 8 heteroatoms. The van der Waals surface area contributed by atoms with E-state index in [-0.39, 0.29) is 34.7 Å².